The summed E-state index contributed by atoms with van der Waals surface area (Å²) in [6, 6.07) is 7.13. The van der Waals surface area contributed by atoms with Crippen molar-refractivity contribution in [3.63, 3.8) is 0 Å². The molecule has 0 spiro atoms. The molecule has 6 nitrogen and oxygen atoms in total. The standard InChI is InChI=1S/C13H17N3O3S/c1-3-19-8-11(17)15-16-13(20)14-12(18)10-7-5-4-6-9(10)2/h4-7H,3,8H2,1-2H3,(H,15,17)(H2,14,16,18,20). The average molecular weight is 295 g/mol. The first-order chi connectivity index (χ1) is 9.54. The summed E-state index contributed by atoms with van der Waals surface area (Å²) in [4.78, 5) is 23.2. The van der Waals surface area contributed by atoms with E-state index in [-0.39, 0.29) is 23.5 Å². The SMILES string of the molecule is CCOCC(=O)NNC(=S)NC(=O)c1ccccc1C. The Labute approximate surface area is 122 Å². The van der Waals surface area contributed by atoms with E-state index in [1.54, 1.807) is 19.1 Å². The van der Waals surface area contributed by atoms with E-state index in [0.29, 0.717) is 12.2 Å². The fourth-order valence-electron chi connectivity index (χ4n) is 1.39. The predicted octanol–water partition coefficient (Wildman–Crippen LogP) is 0.667. The van der Waals surface area contributed by atoms with Gasteiger partial charge in [0.1, 0.15) is 6.61 Å². The van der Waals surface area contributed by atoms with Gasteiger partial charge in [0.25, 0.3) is 11.8 Å². The van der Waals surface area contributed by atoms with Crippen molar-refractivity contribution in [3.8, 4) is 0 Å². The molecule has 108 valence electrons. The molecule has 0 heterocycles. The minimum absolute atomic E-state index is 0.0168. The zero-order valence-corrected chi connectivity index (χ0v) is 12.2. The maximum absolute atomic E-state index is 11.9. The fourth-order valence-corrected chi connectivity index (χ4v) is 1.53. The minimum Gasteiger partial charge on any atom is -0.372 e. The van der Waals surface area contributed by atoms with E-state index in [1.165, 1.54) is 0 Å². The molecule has 3 N–H and O–H groups in total. The van der Waals surface area contributed by atoms with Gasteiger partial charge in [-0.3, -0.25) is 25.8 Å². The topological polar surface area (TPSA) is 79.5 Å². The van der Waals surface area contributed by atoms with Crippen LogP contribution in [0.3, 0.4) is 0 Å². The number of amides is 2. The van der Waals surface area contributed by atoms with Gasteiger partial charge in [-0.15, -0.1) is 0 Å². The normalized spacial score (nSPS) is 9.70. The zero-order valence-electron chi connectivity index (χ0n) is 11.4. The summed E-state index contributed by atoms with van der Waals surface area (Å²) in [5.74, 6) is -0.709. The molecule has 7 heteroatoms. The minimum atomic E-state index is -0.376. The molecule has 1 rings (SSSR count). The number of hydrogen-bond donors (Lipinski definition) is 3. The molecule has 0 saturated heterocycles. The number of hydrogen-bond acceptors (Lipinski definition) is 4. The van der Waals surface area contributed by atoms with Crippen molar-refractivity contribution in [1.29, 1.82) is 0 Å². The van der Waals surface area contributed by atoms with Crippen LogP contribution < -0.4 is 16.2 Å². The maximum Gasteiger partial charge on any atom is 0.264 e. The molecule has 0 aliphatic heterocycles. The molecule has 0 bridgehead atoms. The van der Waals surface area contributed by atoms with E-state index < -0.39 is 0 Å². The number of ether oxygens (including phenoxy) is 1. The van der Waals surface area contributed by atoms with Gasteiger partial charge in [0.15, 0.2) is 5.11 Å². The van der Waals surface area contributed by atoms with Gasteiger partial charge >= 0.3 is 0 Å². The molecular weight excluding hydrogens is 278 g/mol. The Morgan fingerprint density at radius 1 is 1.25 bits per heavy atom. The highest BCUT2D eigenvalue weighted by Gasteiger charge is 2.10. The molecule has 0 aliphatic rings. The van der Waals surface area contributed by atoms with Crippen molar-refractivity contribution in [3.05, 3.63) is 35.4 Å². The van der Waals surface area contributed by atoms with Gasteiger partial charge in [0.2, 0.25) is 0 Å². The van der Waals surface area contributed by atoms with Crippen LogP contribution in [0.15, 0.2) is 24.3 Å². The number of carbonyl (C=O) groups excluding carboxylic acids is 2. The first-order valence-electron chi connectivity index (χ1n) is 6.08. The predicted molar refractivity (Wildman–Crippen MR) is 79.0 cm³/mol. The molecule has 20 heavy (non-hydrogen) atoms. The number of aryl methyl sites for hydroxylation is 1. The maximum atomic E-state index is 11.9. The first-order valence-corrected chi connectivity index (χ1v) is 6.49. The molecule has 0 aliphatic carbocycles. The van der Waals surface area contributed by atoms with Gasteiger partial charge in [0, 0.05) is 12.2 Å². The van der Waals surface area contributed by atoms with Crippen LogP contribution in [0.1, 0.15) is 22.8 Å². The van der Waals surface area contributed by atoms with Crippen LogP contribution in [0.2, 0.25) is 0 Å². The van der Waals surface area contributed by atoms with Gasteiger partial charge in [-0.05, 0) is 37.7 Å². The Morgan fingerprint density at radius 2 is 1.95 bits per heavy atom. The molecule has 0 atom stereocenters. The second-order valence-corrected chi connectivity index (χ2v) is 4.32. The van der Waals surface area contributed by atoms with E-state index >= 15 is 0 Å². The number of thiocarbonyl (C=S) groups is 1. The summed E-state index contributed by atoms with van der Waals surface area (Å²) < 4.78 is 4.91. The Hall–Kier alpha value is -1.99. The first kappa shape index (κ1) is 16.1. The number of rotatable bonds is 4. The van der Waals surface area contributed by atoms with Gasteiger partial charge in [0.05, 0.1) is 0 Å². The molecule has 1 aromatic rings. The Balaban J connectivity index is 2.41. The van der Waals surface area contributed by atoms with Crippen molar-refractivity contribution in [2.75, 3.05) is 13.2 Å². The quantitative estimate of drug-likeness (QED) is 0.562. The second-order valence-electron chi connectivity index (χ2n) is 3.91. The summed E-state index contributed by atoms with van der Waals surface area (Å²) in [5.41, 5.74) is 6.12. The lowest BCUT2D eigenvalue weighted by atomic mass is 10.1. The van der Waals surface area contributed by atoms with Crippen molar-refractivity contribution in [1.82, 2.24) is 16.2 Å². The van der Waals surface area contributed by atoms with Gasteiger partial charge in [-0.25, -0.2) is 0 Å². The summed E-state index contributed by atoms with van der Waals surface area (Å²) in [5, 5.41) is 2.49. The smallest absolute Gasteiger partial charge is 0.264 e. The molecule has 2 amide bonds. The van der Waals surface area contributed by atoms with E-state index in [9.17, 15) is 9.59 Å². The van der Waals surface area contributed by atoms with Crippen molar-refractivity contribution < 1.29 is 14.3 Å². The van der Waals surface area contributed by atoms with Crippen molar-refractivity contribution >= 4 is 29.1 Å². The van der Waals surface area contributed by atoms with Crippen LogP contribution in [-0.4, -0.2) is 30.1 Å². The molecular formula is C13H17N3O3S. The monoisotopic (exact) mass is 295 g/mol. The highest BCUT2D eigenvalue weighted by atomic mass is 32.1. The molecule has 0 fully saturated rings. The molecule has 1 aromatic carbocycles. The number of nitrogens with one attached hydrogen (secondary N) is 3. The van der Waals surface area contributed by atoms with Crippen LogP contribution in [0.25, 0.3) is 0 Å². The Morgan fingerprint density at radius 3 is 2.60 bits per heavy atom. The molecule has 0 radical (unpaired) electrons. The number of benzene rings is 1. The van der Waals surface area contributed by atoms with Crippen LogP contribution in [0.4, 0.5) is 0 Å². The van der Waals surface area contributed by atoms with Crippen molar-refractivity contribution in [2.45, 2.75) is 13.8 Å². The third-order valence-electron chi connectivity index (χ3n) is 2.37. The van der Waals surface area contributed by atoms with E-state index in [1.807, 2.05) is 19.1 Å². The lowest BCUT2D eigenvalue weighted by Crippen LogP contribution is -2.49. The zero-order chi connectivity index (χ0) is 15.0. The summed E-state index contributed by atoms with van der Waals surface area (Å²) in [7, 11) is 0. The summed E-state index contributed by atoms with van der Waals surface area (Å²) in [6.45, 7) is 3.99. The number of carbonyl (C=O) groups is 2. The molecule has 0 aromatic heterocycles. The summed E-state index contributed by atoms with van der Waals surface area (Å²) >= 11 is 4.91. The molecule has 0 unspecified atom stereocenters. The lowest BCUT2D eigenvalue weighted by Gasteiger charge is -2.11. The Kier molecular flexibility index (Phi) is 6.61. The molecule has 0 saturated carbocycles. The fraction of sp³-hybridized carbons (Fsp3) is 0.308. The van der Waals surface area contributed by atoms with Crippen LogP contribution in [0.5, 0.6) is 0 Å². The van der Waals surface area contributed by atoms with Crippen LogP contribution in [0, 0.1) is 6.92 Å². The van der Waals surface area contributed by atoms with Gasteiger partial charge in [-0.2, -0.15) is 0 Å². The largest absolute Gasteiger partial charge is 0.372 e. The number of hydrazine groups is 1. The van der Waals surface area contributed by atoms with E-state index in [2.05, 4.69) is 16.2 Å². The van der Waals surface area contributed by atoms with Crippen molar-refractivity contribution in [2.24, 2.45) is 0 Å². The van der Waals surface area contributed by atoms with Gasteiger partial charge < -0.3 is 4.74 Å². The lowest BCUT2D eigenvalue weighted by molar-refractivity contribution is -0.126. The van der Waals surface area contributed by atoms with Gasteiger partial charge in [-0.1, -0.05) is 18.2 Å². The van der Waals surface area contributed by atoms with E-state index in [4.69, 9.17) is 17.0 Å². The third kappa shape index (κ3) is 5.33. The summed E-state index contributed by atoms with van der Waals surface area (Å²) in [6.07, 6.45) is 0. The second kappa shape index (κ2) is 8.23. The average Bonchev–Trinajstić information content (AvgIpc) is 2.43. The highest BCUT2D eigenvalue weighted by molar-refractivity contribution is 7.80. The van der Waals surface area contributed by atoms with E-state index in [0.717, 1.165) is 5.56 Å². The Bertz CT molecular complexity index is 505. The van der Waals surface area contributed by atoms with Crippen LogP contribution in [-0.2, 0) is 9.53 Å². The highest BCUT2D eigenvalue weighted by Crippen LogP contribution is 2.06. The third-order valence-corrected chi connectivity index (χ3v) is 2.57. The van der Waals surface area contributed by atoms with Crippen LogP contribution >= 0.6 is 12.2 Å².